The SMILES string of the molecule is CN1CCC[C@@H](NC(=O)c2cscn2)C1. The first-order valence-corrected chi connectivity index (χ1v) is 6.07. The van der Waals surface area contributed by atoms with E-state index in [4.69, 9.17) is 0 Å². The highest BCUT2D eigenvalue weighted by molar-refractivity contribution is 7.07. The van der Waals surface area contributed by atoms with Crippen molar-refractivity contribution in [2.24, 2.45) is 0 Å². The predicted molar refractivity (Wildman–Crippen MR) is 60.1 cm³/mol. The van der Waals surface area contributed by atoms with E-state index in [0.29, 0.717) is 5.69 Å². The van der Waals surface area contributed by atoms with E-state index in [1.54, 1.807) is 10.9 Å². The van der Waals surface area contributed by atoms with Crippen LogP contribution in [0.15, 0.2) is 10.9 Å². The van der Waals surface area contributed by atoms with Crippen molar-refractivity contribution in [3.05, 3.63) is 16.6 Å². The third kappa shape index (κ3) is 2.76. The van der Waals surface area contributed by atoms with Crippen LogP contribution in [0.2, 0.25) is 0 Å². The van der Waals surface area contributed by atoms with Gasteiger partial charge in [-0.25, -0.2) is 4.98 Å². The summed E-state index contributed by atoms with van der Waals surface area (Å²) >= 11 is 1.45. The average Bonchev–Trinajstić information content (AvgIpc) is 2.70. The Bertz CT molecular complexity index is 325. The van der Waals surface area contributed by atoms with Gasteiger partial charge in [-0.05, 0) is 26.4 Å². The normalized spacial score (nSPS) is 22.6. The molecule has 0 unspecified atom stereocenters. The van der Waals surface area contributed by atoms with Crippen molar-refractivity contribution in [1.29, 1.82) is 0 Å². The second kappa shape index (κ2) is 4.72. The molecule has 1 aromatic heterocycles. The zero-order valence-corrected chi connectivity index (χ0v) is 9.59. The summed E-state index contributed by atoms with van der Waals surface area (Å²) in [6.45, 7) is 2.07. The van der Waals surface area contributed by atoms with Gasteiger partial charge < -0.3 is 10.2 Å². The molecule has 0 radical (unpaired) electrons. The maximum absolute atomic E-state index is 11.7. The van der Waals surface area contributed by atoms with Crippen molar-refractivity contribution in [3.8, 4) is 0 Å². The standard InChI is InChI=1S/C10H15N3OS/c1-13-4-2-3-8(5-13)12-10(14)9-6-15-7-11-9/h6-8H,2-5H2,1H3,(H,12,14)/t8-/m1/s1. The molecule has 1 aliphatic rings. The van der Waals surface area contributed by atoms with E-state index in [0.717, 1.165) is 25.9 Å². The monoisotopic (exact) mass is 225 g/mol. The summed E-state index contributed by atoms with van der Waals surface area (Å²) in [5.74, 6) is -0.0449. The number of nitrogens with one attached hydrogen (secondary N) is 1. The second-order valence-corrected chi connectivity index (χ2v) is 4.67. The van der Waals surface area contributed by atoms with E-state index < -0.39 is 0 Å². The molecule has 0 spiro atoms. The molecule has 1 atom stereocenters. The summed E-state index contributed by atoms with van der Waals surface area (Å²) in [4.78, 5) is 17.9. The minimum absolute atomic E-state index is 0.0449. The molecule has 0 bridgehead atoms. The maximum atomic E-state index is 11.7. The number of amides is 1. The molecule has 1 amide bonds. The molecule has 0 saturated carbocycles. The summed E-state index contributed by atoms with van der Waals surface area (Å²) in [6, 6.07) is 0.276. The fraction of sp³-hybridized carbons (Fsp3) is 0.600. The van der Waals surface area contributed by atoms with Gasteiger partial charge in [-0.1, -0.05) is 0 Å². The van der Waals surface area contributed by atoms with Crippen molar-refractivity contribution in [3.63, 3.8) is 0 Å². The number of thiazole rings is 1. The van der Waals surface area contributed by atoms with E-state index in [1.165, 1.54) is 11.3 Å². The number of likely N-dealkylation sites (N-methyl/N-ethyl adjacent to an activating group) is 1. The first-order valence-electron chi connectivity index (χ1n) is 5.13. The van der Waals surface area contributed by atoms with E-state index >= 15 is 0 Å². The topological polar surface area (TPSA) is 45.2 Å². The first-order chi connectivity index (χ1) is 7.25. The van der Waals surface area contributed by atoms with Crippen LogP contribution in [0.5, 0.6) is 0 Å². The number of aromatic nitrogens is 1. The van der Waals surface area contributed by atoms with Crippen molar-refractivity contribution in [1.82, 2.24) is 15.2 Å². The molecule has 0 aromatic carbocycles. The average molecular weight is 225 g/mol. The Morgan fingerprint density at radius 2 is 2.60 bits per heavy atom. The lowest BCUT2D eigenvalue weighted by Crippen LogP contribution is -2.46. The number of rotatable bonds is 2. The van der Waals surface area contributed by atoms with Gasteiger partial charge in [0.2, 0.25) is 0 Å². The molecule has 82 valence electrons. The van der Waals surface area contributed by atoms with Crippen LogP contribution >= 0.6 is 11.3 Å². The number of hydrogen-bond donors (Lipinski definition) is 1. The molecule has 1 N–H and O–H groups in total. The largest absolute Gasteiger partial charge is 0.347 e. The van der Waals surface area contributed by atoms with Gasteiger partial charge in [0.05, 0.1) is 5.51 Å². The Labute approximate surface area is 93.3 Å². The highest BCUT2D eigenvalue weighted by atomic mass is 32.1. The number of carbonyl (C=O) groups excluding carboxylic acids is 1. The number of carbonyl (C=O) groups is 1. The van der Waals surface area contributed by atoms with Crippen molar-refractivity contribution in [2.75, 3.05) is 20.1 Å². The highest BCUT2D eigenvalue weighted by Crippen LogP contribution is 2.09. The molecule has 0 aliphatic carbocycles. The van der Waals surface area contributed by atoms with Crippen LogP contribution in [-0.2, 0) is 0 Å². The fourth-order valence-corrected chi connectivity index (χ4v) is 2.40. The molecule has 2 heterocycles. The van der Waals surface area contributed by atoms with Gasteiger partial charge in [-0.15, -0.1) is 11.3 Å². The molecule has 1 fully saturated rings. The summed E-state index contributed by atoms with van der Waals surface area (Å²) in [6.07, 6.45) is 2.22. The van der Waals surface area contributed by atoms with Crippen molar-refractivity contribution >= 4 is 17.2 Å². The third-order valence-corrected chi connectivity index (χ3v) is 3.21. The van der Waals surface area contributed by atoms with E-state index in [1.807, 2.05) is 0 Å². The Kier molecular flexibility index (Phi) is 3.33. The van der Waals surface area contributed by atoms with E-state index in [-0.39, 0.29) is 11.9 Å². The molecule has 1 aliphatic heterocycles. The Morgan fingerprint density at radius 3 is 3.27 bits per heavy atom. The van der Waals surface area contributed by atoms with Gasteiger partial charge in [0.15, 0.2) is 0 Å². The van der Waals surface area contributed by atoms with E-state index in [2.05, 4.69) is 22.2 Å². The fourth-order valence-electron chi connectivity index (χ4n) is 1.87. The molecular formula is C10H15N3OS. The number of nitrogens with zero attached hydrogens (tertiary/aromatic N) is 2. The van der Waals surface area contributed by atoms with Gasteiger partial charge in [0.25, 0.3) is 5.91 Å². The molecular weight excluding hydrogens is 210 g/mol. The maximum Gasteiger partial charge on any atom is 0.271 e. The van der Waals surface area contributed by atoms with Crippen molar-refractivity contribution in [2.45, 2.75) is 18.9 Å². The quantitative estimate of drug-likeness (QED) is 0.815. The number of likely N-dealkylation sites (tertiary alicyclic amines) is 1. The van der Waals surface area contributed by atoms with E-state index in [9.17, 15) is 4.79 Å². The molecule has 1 saturated heterocycles. The van der Waals surface area contributed by atoms with Gasteiger partial charge in [-0.3, -0.25) is 4.79 Å². The lowest BCUT2D eigenvalue weighted by atomic mass is 10.1. The smallest absolute Gasteiger partial charge is 0.271 e. The van der Waals surface area contributed by atoms with Crippen LogP contribution in [0.3, 0.4) is 0 Å². The predicted octanol–water partition coefficient (Wildman–Crippen LogP) is 0.967. The van der Waals surface area contributed by atoms with Crippen LogP contribution in [0, 0.1) is 0 Å². The van der Waals surface area contributed by atoms with Crippen molar-refractivity contribution < 1.29 is 4.79 Å². The zero-order valence-electron chi connectivity index (χ0n) is 8.77. The minimum Gasteiger partial charge on any atom is -0.347 e. The second-order valence-electron chi connectivity index (χ2n) is 3.95. The summed E-state index contributed by atoms with van der Waals surface area (Å²) in [5, 5.41) is 4.79. The lowest BCUT2D eigenvalue weighted by molar-refractivity contribution is 0.0908. The van der Waals surface area contributed by atoms with Crippen LogP contribution in [0.4, 0.5) is 0 Å². The Hall–Kier alpha value is -0.940. The summed E-state index contributed by atoms with van der Waals surface area (Å²) < 4.78 is 0. The molecule has 2 rings (SSSR count). The molecule has 5 heteroatoms. The van der Waals surface area contributed by atoms with Crippen LogP contribution in [0.25, 0.3) is 0 Å². The van der Waals surface area contributed by atoms with Gasteiger partial charge in [-0.2, -0.15) is 0 Å². The first kappa shape index (κ1) is 10.6. The molecule has 15 heavy (non-hydrogen) atoms. The third-order valence-electron chi connectivity index (χ3n) is 2.62. The van der Waals surface area contributed by atoms with Crippen LogP contribution in [-0.4, -0.2) is 42.0 Å². The molecule has 1 aromatic rings. The van der Waals surface area contributed by atoms with Crippen LogP contribution < -0.4 is 5.32 Å². The number of hydrogen-bond acceptors (Lipinski definition) is 4. The summed E-state index contributed by atoms with van der Waals surface area (Å²) in [5.41, 5.74) is 2.22. The summed E-state index contributed by atoms with van der Waals surface area (Å²) in [7, 11) is 2.08. The van der Waals surface area contributed by atoms with Gasteiger partial charge >= 0.3 is 0 Å². The lowest BCUT2D eigenvalue weighted by Gasteiger charge is -2.29. The van der Waals surface area contributed by atoms with Crippen LogP contribution in [0.1, 0.15) is 23.3 Å². The van der Waals surface area contributed by atoms with Gasteiger partial charge in [0, 0.05) is 18.0 Å². The molecule has 4 nitrogen and oxygen atoms in total. The zero-order chi connectivity index (χ0) is 10.7. The Balaban J connectivity index is 1.89. The van der Waals surface area contributed by atoms with Gasteiger partial charge in [0.1, 0.15) is 5.69 Å². The minimum atomic E-state index is -0.0449. The number of piperidine rings is 1. The Morgan fingerprint density at radius 1 is 1.73 bits per heavy atom. The highest BCUT2D eigenvalue weighted by Gasteiger charge is 2.19.